The molecule has 2 aromatic heterocycles. The molecule has 422 valence electrons. The molecule has 4 aromatic carbocycles. The lowest BCUT2D eigenvalue weighted by atomic mass is 9.84. The first-order valence-corrected chi connectivity index (χ1v) is 27.1. The van der Waals surface area contributed by atoms with Crippen molar-refractivity contribution in [3.63, 3.8) is 0 Å². The Hall–Kier alpha value is -5.29. The normalized spacial score (nSPS) is 19.1. The predicted molar refractivity (Wildman–Crippen MR) is 312 cm³/mol. The van der Waals surface area contributed by atoms with Gasteiger partial charge in [0, 0.05) is 43.8 Å². The van der Waals surface area contributed by atoms with Crippen molar-refractivity contribution in [2.75, 3.05) is 19.8 Å². The number of aryl methyl sites for hydroxylation is 11. The van der Waals surface area contributed by atoms with Gasteiger partial charge in [-0.3, -0.25) is 4.98 Å². The standard InChI is InChI=1S/C8H8F2.2C8H9F.C8H16.C8H10.C7H9N.C7H14O.C6H8N2.C6H12O2.H2/c1-5-3-7(9)6(2)8(10)4-5;2*1-6-3-4-7(2)8(9)5-6;2*1-7-3-5-8(2)6-4-7;2*1-6-3-4-7(2)8-5-6;2*1-5-3-7-6(2)8-4-5;/h3-4H,1-2H3;2*3-5H,1-2H3;7-8H,3-6H2,1-2H3;3-6H,1-2H3;3-5H,1-2H3;6-7H,3-5H2,1-2H3;3-4H,1-2H3;5-6H,3-4H2,1-2H3;1H. The summed E-state index contributed by atoms with van der Waals surface area (Å²) in [4.78, 5) is 12.0. The van der Waals surface area contributed by atoms with Gasteiger partial charge in [0.15, 0.2) is 6.29 Å². The summed E-state index contributed by atoms with van der Waals surface area (Å²) in [6.07, 6.45) is 14.5. The SMILES string of the molecule is CC1CCC(C)CC1.CC1CCC(C)OC1.CC1COC(C)OC1.Cc1cc(F)c(C)c(F)c1.Cc1ccc(C)c(F)c1.Cc1ccc(C)c(F)c1.Cc1ccc(C)cc1.Cc1ccc(C)nc1.Cc1cnc(C)nc1.[HH]. The first-order valence-electron chi connectivity index (χ1n) is 27.1. The fourth-order valence-electron chi connectivity index (χ4n) is 6.94. The number of nitrogens with zero attached hydrogens (tertiary/aromatic N) is 3. The Morgan fingerprint density at radius 3 is 1.05 bits per heavy atom. The Morgan fingerprint density at radius 2 is 0.737 bits per heavy atom. The van der Waals surface area contributed by atoms with Gasteiger partial charge in [-0.1, -0.05) is 119 Å². The highest BCUT2D eigenvalue weighted by atomic mass is 19.1. The highest BCUT2D eigenvalue weighted by molar-refractivity contribution is 5.24. The second-order valence-electron chi connectivity index (χ2n) is 21.3. The Kier molecular flexibility index (Phi) is 34.6. The highest BCUT2D eigenvalue weighted by Crippen LogP contribution is 2.27. The van der Waals surface area contributed by atoms with Gasteiger partial charge in [-0.05, 0) is 197 Å². The second-order valence-corrected chi connectivity index (χ2v) is 21.3. The van der Waals surface area contributed by atoms with E-state index >= 15 is 0 Å². The molecule has 2 aliphatic heterocycles. The largest absolute Gasteiger partial charge is 0.378 e. The summed E-state index contributed by atoms with van der Waals surface area (Å²) in [6.45, 7) is 38.2. The zero-order valence-electron chi connectivity index (χ0n) is 49.7. The van der Waals surface area contributed by atoms with Gasteiger partial charge >= 0.3 is 0 Å². The maximum Gasteiger partial charge on any atom is 0.154 e. The topological polar surface area (TPSA) is 66.4 Å². The van der Waals surface area contributed by atoms with Crippen molar-refractivity contribution >= 4 is 0 Å². The van der Waals surface area contributed by atoms with E-state index in [0.29, 0.717) is 28.7 Å². The van der Waals surface area contributed by atoms with E-state index in [4.69, 9.17) is 14.2 Å². The van der Waals surface area contributed by atoms with Crippen molar-refractivity contribution < 1.29 is 33.2 Å². The third-order valence-electron chi connectivity index (χ3n) is 12.5. The minimum atomic E-state index is -0.475. The summed E-state index contributed by atoms with van der Waals surface area (Å²) in [7, 11) is 0. The zero-order valence-corrected chi connectivity index (χ0v) is 49.7. The summed E-state index contributed by atoms with van der Waals surface area (Å²) in [5, 5.41) is 0. The van der Waals surface area contributed by atoms with Gasteiger partial charge in [-0.25, -0.2) is 27.5 Å². The van der Waals surface area contributed by atoms with Crippen LogP contribution in [-0.2, 0) is 14.2 Å². The van der Waals surface area contributed by atoms with Gasteiger partial charge in [0.2, 0.25) is 0 Å². The molecule has 76 heavy (non-hydrogen) atoms. The van der Waals surface area contributed by atoms with E-state index in [1.54, 1.807) is 32.9 Å². The van der Waals surface area contributed by atoms with E-state index in [1.165, 1.54) is 86.4 Å². The van der Waals surface area contributed by atoms with Crippen LogP contribution >= 0.6 is 0 Å². The van der Waals surface area contributed by atoms with Crippen LogP contribution in [0, 0.1) is 130 Å². The molecule has 9 rings (SSSR count). The molecule has 0 amide bonds. The van der Waals surface area contributed by atoms with Gasteiger partial charge in [0.05, 0.1) is 19.3 Å². The Bertz CT molecular complexity index is 2130. The van der Waals surface area contributed by atoms with Crippen molar-refractivity contribution in [3.8, 4) is 0 Å². The minimum absolute atomic E-state index is 0. The van der Waals surface area contributed by atoms with Crippen LogP contribution in [-0.4, -0.2) is 47.2 Å². The second kappa shape index (κ2) is 38.3. The first-order chi connectivity index (χ1) is 35.7. The lowest BCUT2D eigenvalue weighted by Crippen LogP contribution is -2.27. The van der Waals surface area contributed by atoms with E-state index in [9.17, 15) is 17.6 Å². The maximum absolute atomic E-state index is 12.6. The zero-order chi connectivity index (χ0) is 57.3. The fourth-order valence-corrected chi connectivity index (χ4v) is 6.94. The third kappa shape index (κ3) is 33.7. The Morgan fingerprint density at radius 1 is 0.368 bits per heavy atom. The molecule has 4 heterocycles. The molecule has 0 N–H and O–H groups in total. The molecule has 1 aliphatic carbocycles. The number of pyridine rings is 1. The van der Waals surface area contributed by atoms with E-state index in [0.717, 1.165) is 65.8 Å². The number of hydrogen-bond donors (Lipinski definition) is 0. The molecule has 2 atom stereocenters. The van der Waals surface area contributed by atoms with Gasteiger partial charge in [0.1, 0.15) is 29.1 Å². The molecule has 0 bridgehead atoms. The number of hydrogen-bond acceptors (Lipinski definition) is 6. The van der Waals surface area contributed by atoms with Crippen LogP contribution in [0.2, 0.25) is 0 Å². The van der Waals surface area contributed by atoms with Crippen LogP contribution in [0.3, 0.4) is 0 Å². The molecule has 0 radical (unpaired) electrons. The summed E-state index contributed by atoms with van der Waals surface area (Å²) < 4.78 is 66.1. The first kappa shape index (κ1) is 68.7. The van der Waals surface area contributed by atoms with Crippen LogP contribution in [0.15, 0.2) is 104 Å². The Balaban J connectivity index is 0.000000843. The van der Waals surface area contributed by atoms with Gasteiger partial charge < -0.3 is 14.2 Å². The monoisotopic (exact) mass is 1060 g/mol. The highest BCUT2D eigenvalue weighted by Gasteiger charge is 2.15. The van der Waals surface area contributed by atoms with Crippen molar-refractivity contribution in [1.29, 1.82) is 0 Å². The molecule has 1 saturated carbocycles. The fraction of sp³-hybridized carbons (Fsp3) is 0.500. The molecule has 6 nitrogen and oxygen atoms in total. The molecular formula is C66H97F4N3O3. The van der Waals surface area contributed by atoms with Crippen molar-refractivity contribution in [1.82, 2.24) is 15.0 Å². The number of rotatable bonds is 0. The summed E-state index contributed by atoms with van der Waals surface area (Å²) >= 11 is 0. The van der Waals surface area contributed by atoms with Crippen LogP contribution in [0.4, 0.5) is 17.6 Å². The van der Waals surface area contributed by atoms with Crippen molar-refractivity contribution in [2.45, 2.75) is 176 Å². The summed E-state index contributed by atoms with van der Waals surface area (Å²) in [5.74, 6) is 3.06. The number of ether oxygens (including phenoxy) is 3. The average Bonchev–Trinajstić information content (AvgIpc) is 3.38. The van der Waals surface area contributed by atoms with E-state index in [-0.39, 0.29) is 24.9 Å². The van der Waals surface area contributed by atoms with Crippen LogP contribution in [0.1, 0.15) is 149 Å². The number of aromatic nitrogens is 3. The van der Waals surface area contributed by atoms with Crippen LogP contribution in [0.25, 0.3) is 0 Å². The molecule has 10 heteroatoms. The summed E-state index contributed by atoms with van der Waals surface area (Å²) in [5.41, 5.74) is 10.1. The molecule has 3 fully saturated rings. The lowest BCUT2D eigenvalue weighted by Gasteiger charge is -2.24. The number of benzene rings is 4. The van der Waals surface area contributed by atoms with Crippen molar-refractivity contribution in [3.05, 3.63) is 194 Å². The Labute approximate surface area is 459 Å². The molecule has 3 aliphatic rings. The maximum atomic E-state index is 12.6. The minimum Gasteiger partial charge on any atom is -0.378 e. The van der Waals surface area contributed by atoms with E-state index in [2.05, 4.69) is 93.7 Å². The average molecular weight is 1060 g/mol. The molecule has 6 aromatic rings. The quantitative estimate of drug-likeness (QED) is 0.141. The van der Waals surface area contributed by atoms with Crippen molar-refractivity contribution in [2.24, 2.45) is 23.7 Å². The summed E-state index contributed by atoms with van der Waals surface area (Å²) in [6, 6.07) is 25.6. The lowest BCUT2D eigenvalue weighted by molar-refractivity contribution is -0.187. The van der Waals surface area contributed by atoms with Gasteiger partial charge in [-0.15, -0.1) is 0 Å². The van der Waals surface area contributed by atoms with Crippen LogP contribution < -0.4 is 0 Å². The van der Waals surface area contributed by atoms with E-state index in [1.807, 2.05) is 85.3 Å². The smallest absolute Gasteiger partial charge is 0.154 e. The van der Waals surface area contributed by atoms with E-state index < -0.39 is 11.6 Å². The third-order valence-corrected chi connectivity index (χ3v) is 12.5. The molecule has 0 spiro atoms. The number of halogens is 4. The molecule has 2 unspecified atom stereocenters. The molecular weight excluding hydrogens is 959 g/mol. The van der Waals surface area contributed by atoms with Gasteiger partial charge in [-0.2, -0.15) is 0 Å². The predicted octanol–water partition coefficient (Wildman–Crippen LogP) is 18.5. The van der Waals surface area contributed by atoms with Gasteiger partial charge in [0.25, 0.3) is 0 Å². The molecule has 2 saturated heterocycles. The van der Waals surface area contributed by atoms with Crippen LogP contribution in [0.5, 0.6) is 0 Å².